The summed E-state index contributed by atoms with van der Waals surface area (Å²) in [5.41, 5.74) is 1.72. The van der Waals surface area contributed by atoms with Crippen LogP contribution in [0, 0.1) is 6.92 Å². The van der Waals surface area contributed by atoms with Crippen molar-refractivity contribution >= 4 is 35.0 Å². The van der Waals surface area contributed by atoms with Crippen molar-refractivity contribution in [1.82, 2.24) is 15.2 Å². The average Bonchev–Trinajstić information content (AvgIpc) is 3.19. The fraction of sp³-hybridized carbons (Fsp3) is 0.357. The number of amides is 1. The van der Waals surface area contributed by atoms with Gasteiger partial charge in [0.25, 0.3) is 0 Å². The number of nitrogens with one attached hydrogen (secondary N) is 2. The molecule has 3 rings (SSSR count). The van der Waals surface area contributed by atoms with E-state index in [0.29, 0.717) is 16.1 Å². The number of aromatic nitrogens is 3. The number of H-pyrrole nitrogens is 1. The summed E-state index contributed by atoms with van der Waals surface area (Å²) in [5, 5.41) is 11.2. The van der Waals surface area contributed by atoms with Gasteiger partial charge in [0.1, 0.15) is 5.82 Å². The lowest BCUT2D eigenvalue weighted by molar-refractivity contribution is -0.113. The fourth-order valence-corrected chi connectivity index (χ4v) is 2.78. The molecule has 1 fully saturated rings. The van der Waals surface area contributed by atoms with Gasteiger partial charge < -0.3 is 5.32 Å². The van der Waals surface area contributed by atoms with Crippen LogP contribution in [0.4, 0.5) is 5.69 Å². The number of thioether (sulfide) groups is 1. The van der Waals surface area contributed by atoms with Gasteiger partial charge in [-0.3, -0.25) is 9.89 Å². The molecule has 21 heavy (non-hydrogen) atoms. The Morgan fingerprint density at radius 3 is 3.05 bits per heavy atom. The van der Waals surface area contributed by atoms with Gasteiger partial charge >= 0.3 is 0 Å². The van der Waals surface area contributed by atoms with Gasteiger partial charge in [0, 0.05) is 16.6 Å². The predicted molar refractivity (Wildman–Crippen MR) is 83.9 cm³/mol. The van der Waals surface area contributed by atoms with Gasteiger partial charge in [-0.05, 0) is 43.5 Å². The molecule has 0 aliphatic heterocycles. The number of hydrogen-bond acceptors (Lipinski definition) is 4. The molecule has 1 aromatic heterocycles. The summed E-state index contributed by atoms with van der Waals surface area (Å²) in [5.74, 6) is 1.68. The molecule has 1 amide bonds. The van der Waals surface area contributed by atoms with Crippen LogP contribution in [0.15, 0.2) is 23.4 Å². The number of rotatable bonds is 5. The van der Waals surface area contributed by atoms with E-state index in [0.717, 1.165) is 17.1 Å². The number of anilines is 1. The SMILES string of the molecule is Cc1cc(Cl)ccc1NC(=O)CSc1n[nH]c(C2CC2)n1. The summed E-state index contributed by atoms with van der Waals surface area (Å²) in [4.78, 5) is 16.3. The molecule has 0 spiro atoms. The van der Waals surface area contributed by atoms with Crippen LogP contribution in [0.1, 0.15) is 30.1 Å². The molecule has 2 aromatic rings. The smallest absolute Gasteiger partial charge is 0.234 e. The average molecular weight is 323 g/mol. The van der Waals surface area contributed by atoms with Crippen molar-refractivity contribution in [2.24, 2.45) is 0 Å². The number of halogens is 1. The second-order valence-corrected chi connectivity index (χ2v) is 6.45. The van der Waals surface area contributed by atoms with Crippen LogP contribution < -0.4 is 5.32 Å². The molecule has 1 saturated carbocycles. The third-order valence-electron chi connectivity index (χ3n) is 3.24. The van der Waals surface area contributed by atoms with Crippen LogP contribution in [0.2, 0.25) is 5.02 Å². The zero-order chi connectivity index (χ0) is 14.8. The van der Waals surface area contributed by atoms with Crippen molar-refractivity contribution in [2.75, 3.05) is 11.1 Å². The van der Waals surface area contributed by atoms with Crippen molar-refractivity contribution in [2.45, 2.75) is 30.8 Å². The maximum atomic E-state index is 11.9. The minimum atomic E-state index is -0.0804. The van der Waals surface area contributed by atoms with Crippen LogP contribution in [-0.2, 0) is 4.79 Å². The standard InChI is InChI=1S/C14H15ClN4OS/c1-8-6-10(15)4-5-11(8)16-12(20)7-21-14-17-13(18-19-14)9-2-3-9/h4-6,9H,2-3,7H2,1H3,(H,16,20)(H,17,18,19). The van der Waals surface area contributed by atoms with E-state index in [9.17, 15) is 4.79 Å². The summed E-state index contributed by atoms with van der Waals surface area (Å²) < 4.78 is 0. The summed E-state index contributed by atoms with van der Waals surface area (Å²) >= 11 is 7.22. The van der Waals surface area contributed by atoms with Gasteiger partial charge in [0.15, 0.2) is 0 Å². The Kier molecular flexibility index (Phi) is 4.17. The number of aromatic amines is 1. The topological polar surface area (TPSA) is 70.7 Å². The first-order valence-corrected chi connectivity index (χ1v) is 8.09. The molecule has 0 atom stereocenters. The summed E-state index contributed by atoms with van der Waals surface area (Å²) in [6.07, 6.45) is 2.35. The summed E-state index contributed by atoms with van der Waals surface area (Å²) in [6, 6.07) is 5.38. The monoisotopic (exact) mass is 322 g/mol. The Morgan fingerprint density at radius 2 is 2.33 bits per heavy atom. The van der Waals surface area contributed by atoms with Gasteiger partial charge in [-0.2, -0.15) is 0 Å². The molecule has 7 heteroatoms. The van der Waals surface area contributed by atoms with E-state index < -0.39 is 0 Å². The second kappa shape index (κ2) is 6.07. The highest BCUT2D eigenvalue weighted by Gasteiger charge is 2.27. The fourth-order valence-electron chi connectivity index (χ4n) is 1.95. The number of hydrogen-bond donors (Lipinski definition) is 2. The first-order valence-electron chi connectivity index (χ1n) is 6.73. The Hall–Kier alpha value is -1.53. The van der Waals surface area contributed by atoms with Crippen LogP contribution >= 0.6 is 23.4 Å². The molecular formula is C14H15ClN4OS. The number of aryl methyl sites for hydroxylation is 1. The second-order valence-electron chi connectivity index (χ2n) is 5.07. The maximum Gasteiger partial charge on any atom is 0.234 e. The number of carbonyl (C=O) groups excluding carboxylic acids is 1. The third kappa shape index (κ3) is 3.77. The Labute approximate surface area is 131 Å². The molecular weight excluding hydrogens is 308 g/mol. The van der Waals surface area contributed by atoms with Crippen molar-refractivity contribution < 1.29 is 4.79 Å². The number of benzene rings is 1. The van der Waals surface area contributed by atoms with Crippen molar-refractivity contribution in [3.05, 3.63) is 34.6 Å². The third-order valence-corrected chi connectivity index (χ3v) is 4.32. The largest absolute Gasteiger partial charge is 0.325 e. The van der Waals surface area contributed by atoms with E-state index in [-0.39, 0.29) is 11.7 Å². The van der Waals surface area contributed by atoms with E-state index in [4.69, 9.17) is 11.6 Å². The molecule has 110 valence electrons. The summed E-state index contributed by atoms with van der Waals surface area (Å²) in [6.45, 7) is 1.91. The van der Waals surface area contributed by atoms with Crippen LogP contribution in [0.3, 0.4) is 0 Å². The van der Waals surface area contributed by atoms with Gasteiger partial charge in [0.2, 0.25) is 11.1 Å². The molecule has 1 aliphatic carbocycles. The Morgan fingerprint density at radius 1 is 1.52 bits per heavy atom. The minimum Gasteiger partial charge on any atom is -0.325 e. The summed E-state index contributed by atoms with van der Waals surface area (Å²) in [7, 11) is 0. The lowest BCUT2D eigenvalue weighted by atomic mass is 10.2. The highest BCUT2D eigenvalue weighted by molar-refractivity contribution is 7.99. The zero-order valence-corrected chi connectivity index (χ0v) is 13.1. The molecule has 1 heterocycles. The first-order chi connectivity index (χ1) is 10.1. The van der Waals surface area contributed by atoms with Crippen LogP contribution in [0.5, 0.6) is 0 Å². The molecule has 0 radical (unpaired) electrons. The number of nitrogens with zero attached hydrogens (tertiary/aromatic N) is 2. The zero-order valence-electron chi connectivity index (χ0n) is 11.5. The van der Waals surface area contributed by atoms with E-state index in [1.54, 1.807) is 12.1 Å². The highest BCUT2D eigenvalue weighted by Crippen LogP contribution is 2.38. The first kappa shape index (κ1) is 14.4. The molecule has 1 aliphatic rings. The highest BCUT2D eigenvalue weighted by atomic mass is 35.5. The lowest BCUT2D eigenvalue weighted by Gasteiger charge is -2.07. The van der Waals surface area contributed by atoms with Crippen molar-refractivity contribution in [3.8, 4) is 0 Å². The quantitative estimate of drug-likeness (QED) is 0.828. The minimum absolute atomic E-state index is 0.0804. The van der Waals surface area contributed by atoms with Crippen molar-refractivity contribution in [1.29, 1.82) is 0 Å². The lowest BCUT2D eigenvalue weighted by Crippen LogP contribution is -2.14. The van der Waals surface area contributed by atoms with Gasteiger partial charge in [-0.25, -0.2) is 4.98 Å². The Bertz CT molecular complexity index is 669. The number of carbonyl (C=O) groups is 1. The van der Waals surface area contributed by atoms with Crippen LogP contribution in [0.25, 0.3) is 0 Å². The van der Waals surface area contributed by atoms with E-state index in [2.05, 4.69) is 20.5 Å². The normalized spacial score (nSPS) is 14.2. The van der Waals surface area contributed by atoms with Gasteiger partial charge in [0.05, 0.1) is 5.75 Å². The van der Waals surface area contributed by atoms with Gasteiger partial charge in [-0.15, -0.1) is 5.10 Å². The van der Waals surface area contributed by atoms with E-state index in [1.807, 2.05) is 13.0 Å². The molecule has 1 aromatic carbocycles. The molecule has 2 N–H and O–H groups in total. The van der Waals surface area contributed by atoms with Gasteiger partial charge in [-0.1, -0.05) is 23.4 Å². The van der Waals surface area contributed by atoms with Crippen LogP contribution in [-0.4, -0.2) is 26.8 Å². The van der Waals surface area contributed by atoms with E-state index in [1.165, 1.54) is 24.6 Å². The molecule has 0 bridgehead atoms. The van der Waals surface area contributed by atoms with Crippen molar-refractivity contribution in [3.63, 3.8) is 0 Å². The molecule has 0 unspecified atom stereocenters. The molecule has 0 saturated heterocycles. The van der Waals surface area contributed by atoms with E-state index >= 15 is 0 Å². The molecule has 5 nitrogen and oxygen atoms in total. The Balaban J connectivity index is 1.53. The predicted octanol–water partition coefficient (Wildman–Crippen LogP) is 3.37. The maximum absolute atomic E-state index is 11.9.